The average molecular weight is 820 g/mol. The summed E-state index contributed by atoms with van der Waals surface area (Å²) >= 11 is 0. The second-order valence-corrected chi connectivity index (χ2v) is 17.1. The molecular formula is C46H78NO9P. The molecule has 10 nitrogen and oxygen atoms in total. The van der Waals surface area contributed by atoms with Gasteiger partial charge in [0.2, 0.25) is 0 Å². The lowest BCUT2D eigenvalue weighted by molar-refractivity contribution is -0.870. The third kappa shape index (κ3) is 35.1. The minimum Gasteiger partial charge on any atom is -0.756 e. The van der Waals surface area contributed by atoms with Gasteiger partial charge in [-0.05, 0) is 83.5 Å². The molecule has 1 aliphatic heterocycles. The number of allylic oxidation sites excluding steroid dienone is 10. The van der Waals surface area contributed by atoms with E-state index in [4.69, 9.17) is 23.3 Å². The van der Waals surface area contributed by atoms with Crippen molar-refractivity contribution in [2.45, 2.75) is 161 Å². The normalized spacial score (nSPS) is 17.9. The van der Waals surface area contributed by atoms with Gasteiger partial charge in [0, 0.05) is 12.8 Å². The van der Waals surface area contributed by atoms with E-state index >= 15 is 0 Å². The van der Waals surface area contributed by atoms with Gasteiger partial charge in [-0.15, -0.1) is 0 Å². The van der Waals surface area contributed by atoms with Crippen LogP contribution in [0.25, 0.3) is 0 Å². The maximum atomic E-state index is 12.7. The van der Waals surface area contributed by atoms with Crippen molar-refractivity contribution in [1.29, 1.82) is 0 Å². The molecule has 0 aromatic heterocycles. The lowest BCUT2D eigenvalue weighted by atomic mass is 10.1. The van der Waals surface area contributed by atoms with Gasteiger partial charge in [-0.1, -0.05) is 119 Å². The molecule has 4 atom stereocenters. The lowest BCUT2D eigenvalue weighted by Gasteiger charge is -2.28. The number of unbranched alkanes of at least 4 members (excludes halogenated alkanes) is 9. The molecule has 0 amide bonds. The van der Waals surface area contributed by atoms with Gasteiger partial charge in [-0.3, -0.25) is 14.2 Å². The number of rotatable bonds is 37. The number of phosphoric acid groups is 1. The predicted octanol–water partition coefficient (Wildman–Crippen LogP) is 10.6. The molecule has 1 heterocycles. The van der Waals surface area contributed by atoms with E-state index in [-0.39, 0.29) is 38.3 Å². The molecular weight excluding hydrogens is 741 g/mol. The number of esters is 2. The number of carbonyl (C=O) groups is 2. The Morgan fingerprint density at radius 2 is 1.18 bits per heavy atom. The van der Waals surface area contributed by atoms with Crippen LogP contribution in [-0.4, -0.2) is 82.2 Å². The molecule has 1 rings (SSSR count). The Bertz CT molecular complexity index is 1270. The highest BCUT2D eigenvalue weighted by Gasteiger charge is 2.36. The summed E-state index contributed by atoms with van der Waals surface area (Å²) in [5.74, 6) is -0.936. The number of hydrogen-bond acceptors (Lipinski definition) is 9. The van der Waals surface area contributed by atoms with Crippen LogP contribution >= 0.6 is 7.82 Å². The van der Waals surface area contributed by atoms with E-state index in [9.17, 15) is 19.0 Å². The zero-order chi connectivity index (χ0) is 41.9. The van der Waals surface area contributed by atoms with E-state index in [1.165, 1.54) is 19.3 Å². The second kappa shape index (κ2) is 34.3. The van der Waals surface area contributed by atoms with E-state index in [1.807, 2.05) is 27.2 Å². The van der Waals surface area contributed by atoms with Crippen LogP contribution in [0, 0.1) is 0 Å². The van der Waals surface area contributed by atoms with Crippen molar-refractivity contribution in [2.75, 3.05) is 47.5 Å². The van der Waals surface area contributed by atoms with E-state index in [0.29, 0.717) is 30.3 Å². The van der Waals surface area contributed by atoms with Gasteiger partial charge in [-0.2, -0.15) is 0 Å². The Balaban J connectivity index is 2.36. The van der Waals surface area contributed by atoms with Gasteiger partial charge < -0.3 is 32.6 Å². The molecule has 1 saturated heterocycles. The summed E-state index contributed by atoms with van der Waals surface area (Å²) in [7, 11) is 1.10. The average Bonchev–Trinajstić information content (AvgIpc) is 3.92. The van der Waals surface area contributed by atoms with Crippen molar-refractivity contribution in [1.82, 2.24) is 0 Å². The Kier molecular flexibility index (Phi) is 31.5. The maximum Gasteiger partial charge on any atom is 0.306 e. The van der Waals surface area contributed by atoms with Crippen LogP contribution < -0.4 is 4.89 Å². The molecule has 57 heavy (non-hydrogen) atoms. The molecule has 0 aromatic carbocycles. The summed E-state index contributed by atoms with van der Waals surface area (Å²) in [6, 6.07) is 0. The fraction of sp³-hybridized carbons (Fsp3) is 0.696. The molecule has 326 valence electrons. The highest BCUT2D eigenvalue weighted by Crippen LogP contribution is 2.38. The van der Waals surface area contributed by atoms with Crippen LogP contribution in [0.1, 0.15) is 142 Å². The van der Waals surface area contributed by atoms with E-state index in [0.717, 1.165) is 77.0 Å². The Morgan fingerprint density at radius 3 is 1.82 bits per heavy atom. The third-order valence-corrected chi connectivity index (χ3v) is 10.1. The number of likely N-dealkylation sites (N-methyl/N-ethyl adjacent to an activating group) is 1. The summed E-state index contributed by atoms with van der Waals surface area (Å²) in [4.78, 5) is 37.6. The number of quaternary nitrogens is 1. The van der Waals surface area contributed by atoms with Crippen molar-refractivity contribution in [2.24, 2.45) is 0 Å². The molecule has 0 saturated carbocycles. The first-order chi connectivity index (χ1) is 27.5. The van der Waals surface area contributed by atoms with Crippen LogP contribution in [0.3, 0.4) is 0 Å². The standard InChI is InChI=1S/C46H78NO9P/c1-6-8-10-12-14-16-17-18-19-20-21-23-25-27-32-36-45(48)52-40-42(41-54-57(50,51)53-39-38-47(3,4)5)55-46(49)37-33-29-28-31-35-44-43(56-44)34-30-26-24-22-15-13-11-9-7-2/h8,10,14-16,18-19,22,26,28,30-31,42-44H,6-7,9,11-13,17,20-21,23-25,27,29,32-41H2,1-5H3/b10-8-,16-14-,19-18-,22-15-,30-26-,31-28-/t42-,43?,44?/m1/s1. The van der Waals surface area contributed by atoms with Gasteiger partial charge in [0.1, 0.15) is 19.8 Å². The minimum atomic E-state index is -4.65. The van der Waals surface area contributed by atoms with E-state index in [2.05, 4.69) is 80.7 Å². The zero-order valence-electron chi connectivity index (χ0n) is 36.2. The van der Waals surface area contributed by atoms with Gasteiger partial charge in [-0.25, -0.2) is 0 Å². The summed E-state index contributed by atoms with van der Waals surface area (Å²) in [5.41, 5.74) is 0. The van der Waals surface area contributed by atoms with Crippen LogP contribution in [0.15, 0.2) is 72.9 Å². The fourth-order valence-corrected chi connectivity index (χ4v) is 6.31. The van der Waals surface area contributed by atoms with Gasteiger partial charge in [0.05, 0.1) is 40.0 Å². The number of epoxide rings is 1. The molecule has 0 aromatic rings. The molecule has 1 aliphatic rings. The molecule has 11 heteroatoms. The van der Waals surface area contributed by atoms with Crippen molar-refractivity contribution in [3.8, 4) is 0 Å². The summed E-state index contributed by atoms with van der Waals surface area (Å²) in [6.07, 6.45) is 43.9. The van der Waals surface area contributed by atoms with Crippen molar-refractivity contribution >= 4 is 19.8 Å². The minimum absolute atomic E-state index is 0.0509. The molecule has 3 unspecified atom stereocenters. The van der Waals surface area contributed by atoms with Gasteiger partial charge in [0.25, 0.3) is 7.82 Å². The number of phosphoric ester groups is 1. The van der Waals surface area contributed by atoms with Crippen LogP contribution in [-0.2, 0) is 37.4 Å². The monoisotopic (exact) mass is 820 g/mol. The Hall–Kier alpha value is -2.59. The van der Waals surface area contributed by atoms with Crippen molar-refractivity contribution < 1.29 is 46.8 Å². The summed E-state index contributed by atoms with van der Waals surface area (Å²) in [6.45, 7) is 3.96. The molecule has 0 radical (unpaired) electrons. The van der Waals surface area contributed by atoms with Gasteiger partial charge in [0.15, 0.2) is 6.10 Å². The number of hydrogen-bond donors (Lipinski definition) is 0. The fourth-order valence-electron chi connectivity index (χ4n) is 5.58. The summed E-state index contributed by atoms with van der Waals surface area (Å²) < 4.78 is 39.6. The Labute approximate surface area is 346 Å². The van der Waals surface area contributed by atoms with E-state index < -0.39 is 32.5 Å². The number of carbonyl (C=O) groups excluding carboxylic acids is 2. The molecule has 0 spiro atoms. The van der Waals surface area contributed by atoms with E-state index in [1.54, 1.807) is 0 Å². The first-order valence-electron chi connectivity index (χ1n) is 21.8. The molecule has 0 aliphatic carbocycles. The number of ether oxygens (including phenoxy) is 3. The topological polar surface area (TPSA) is 124 Å². The quantitative estimate of drug-likeness (QED) is 0.0150. The predicted molar refractivity (Wildman–Crippen MR) is 230 cm³/mol. The maximum absolute atomic E-state index is 12.7. The highest BCUT2D eigenvalue weighted by atomic mass is 31.2. The smallest absolute Gasteiger partial charge is 0.306 e. The lowest BCUT2D eigenvalue weighted by Crippen LogP contribution is -2.37. The van der Waals surface area contributed by atoms with Crippen LogP contribution in [0.2, 0.25) is 0 Å². The number of nitrogens with zero attached hydrogens (tertiary/aromatic N) is 1. The third-order valence-electron chi connectivity index (χ3n) is 9.11. The zero-order valence-corrected chi connectivity index (χ0v) is 37.1. The second-order valence-electron chi connectivity index (χ2n) is 15.7. The molecule has 1 fully saturated rings. The first kappa shape index (κ1) is 52.4. The Morgan fingerprint density at radius 1 is 0.649 bits per heavy atom. The first-order valence-corrected chi connectivity index (χ1v) is 23.2. The SMILES string of the molecule is CC/C=C\C/C=C\C/C=C\CCCCCCCC(=O)OC[C@H](COP(=O)([O-])OCC[N+](C)(C)C)OC(=O)CCC/C=C\CC1OC1C/C=C\C/C=C\CCCCC. The highest BCUT2D eigenvalue weighted by molar-refractivity contribution is 7.45. The van der Waals surface area contributed by atoms with Crippen LogP contribution in [0.4, 0.5) is 0 Å². The molecule has 0 bridgehead atoms. The molecule has 0 N–H and O–H groups in total. The van der Waals surface area contributed by atoms with Gasteiger partial charge >= 0.3 is 11.9 Å². The van der Waals surface area contributed by atoms with Crippen LogP contribution in [0.5, 0.6) is 0 Å². The van der Waals surface area contributed by atoms with Crippen molar-refractivity contribution in [3.05, 3.63) is 72.9 Å². The largest absolute Gasteiger partial charge is 0.756 e. The van der Waals surface area contributed by atoms with Crippen molar-refractivity contribution in [3.63, 3.8) is 0 Å². The summed E-state index contributed by atoms with van der Waals surface area (Å²) in [5, 5.41) is 0.